The molecule has 0 aromatic heterocycles. The Labute approximate surface area is 122 Å². The van der Waals surface area contributed by atoms with Crippen LogP contribution < -0.4 is 3.53 Å². The fourth-order valence-electron chi connectivity index (χ4n) is 1.89. The second-order valence-corrected chi connectivity index (χ2v) is 15.7. The topological polar surface area (TPSA) is 74.5 Å². The Morgan fingerprint density at radius 2 is 2.28 bits per heavy atom. The van der Waals surface area contributed by atoms with Gasteiger partial charge in [0.2, 0.25) is 0 Å². The fourth-order valence-corrected chi connectivity index (χ4v) is 15.5. The van der Waals surface area contributed by atoms with Crippen LogP contribution in [0, 0.1) is 0 Å². The Balaban J connectivity index is 1.99. The van der Waals surface area contributed by atoms with Crippen LogP contribution in [-0.2, 0) is 19.1 Å². The van der Waals surface area contributed by atoms with E-state index in [1.807, 2.05) is 0 Å². The third-order valence-electron chi connectivity index (χ3n) is 2.96. The molecule has 2 aliphatic rings. The third-order valence-corrected chi connectivity index (χ3v) is 12.3. The molecule has 7 heteroatoms. The number of rotatable bonds is 4. The maximum absolute atomic E-state index is 12.3. The molecule has 3 unspecified atom stereocenters. The van der Waals surface area contributed by atoms with E-state index >= 15 is 0 Å². The predicted molar refractivity (Wildman–Crippen MR) is 86.3 cm³/mol. The SMILES string of the molecule is CI(C)C(C(=O)OC1(C)CCC(=O)O1)C1NI1C. The summed E-state index contributed by atoms with van der Waals surface area (Å²) in [6.07, 6.45) is 0.807. The van der Waals surface area contributed by atoms with Crippen LogP contribution in [0.4, 0.5) is 0 Å². The number of hydrogen-bond donors (Lipinski definition) is 1. The molecule has 0 aromatic carbocycles. The van der Waals surface area contributed by atoms with Crippen molar-refractivity contribution >= 4 is 51.9 Å². The maximum atomic E-state index is 12.3. The molecular weight excluding hydrogens is 464 g/mol. The average molecular weight is 483 g/mol. The van der Waals surface area contributed by atoms with Crippen molar-refractivity contribution in [2.45, 2.75) is 33.5 Å². The molecule has 0 spiro atoms. The van der Waals surface area contributed by atoms with Gasteiger partial charge in [-0.15, -0.1) is 0 Å². The number of halogens is 2. The molecule has 0 amide bonds. The van der Waals surface area contributed by atoms with Crippen LogP contribution in [0.5, 0.6) is 0 Å². The Bertz CT molecular complexity index is 376. The van der Waals surface area contributed by atoms with E-state index in [-0.39, 0.29) is 15.9 Å². The average Bonchev–Trinajstić information content (AvgIpc) is 2.81. The van der Waals surface area contributed by atoms with E-state index in [1.54, 1.807) is 6.92 Å². The minimum absolute atomic E-state index is 0.0422. The van der Waals surface area contributed by atoms with Crippen molar-refractivity contribution in [1.29, 1.82) is 0 Å². The van der Waals surface area contributed by atoms with Crippen molar-refractivity contribution in [3.05, 3.63) is 0 Å². The second kappa shape index (κ2) is 5.39. The molecule has 18 heavy (non-hydrogen) atoms. The number of ether oxygens (including phenoxy) is 2. The van der Waals surface area contributed by atoms with Crippen LogP contribution >= 0.6 is 39.9 Å². The van der Waals surface area contributed by atoms with Crippen LogP contribution in [0.3, 0.4) is 0 Å². The van der Waals surface area contributed by atoms with E-state index in [0.29, 0.717) is 16.9 Å². The molecule has 2 saturated heterocycles. The number of cyclic esters (lactones) is 1. The van der Waals surface area contributed by atoms with E-state index in [1.165, 1.54) is 0 Å². The van der Waals surface area contributed by atoms with Crippen molar-refractivity contribution in [2.75, 3.05) is 14.8 Å². The van der Waals surface area contributed by atoms with E-state index in [9.17, 15) is 9.59 Å². The first kappa shape index (κ1) is 14.8. The summed E-state index contributed by atoms with van der Waals surface area (Å²) in [7, 11) is 0. The number of esters is 2. The van der Waals surface area contributed by atoms with E-state index < -0.39 is 45.7 Å². The van der Waals surface area contributed by atoms with Gasteiger partial charge in [-0.1, -0.05) is 0 Å². The Morgan fingerprint density at radius 3 is 2.67 bits per heavy atom. The van der Waals surface area contributed by atoms with E-state index in [2.05, 4.69) is 18.3 Å². The predicted octanol–water partition coefficient (Wildman–Crippen LogP) is 1.70. The van der Waals surface area contributed by atoms with Crippen LogP contribution in [-0.4, -0.2) is 40.5 Å². The molecule has 1 N–H and O–H groups in total. The van der Waals surface area contributed by atoms with Crippen molar-refractivity contribution in [2.24, 2.45) is 0 Å². The number of carbonyl (C=O) groups excluding carboxylic acids is 2. The summed E-state index contributed by atoms with van der Waals surface area (Å²) in [5, 5.41) is 0. The van der Waals surface area contributed by atoms with E-state index in [0.717, 1.165) is 0 Å². The summed E-state index contributed by atoms with van der Waals surface area (Å²) < 4.78 is 14.5. The van der Waals surface area contributed by atoms with Crippen LogP contribution in [0.2, 0.25) is 0 Å². The molecule has 5 nitrogen and oxygen atoms in total. The Hall–Kier alpha value is 0.360. The molecule has 2 aliphatic heterocycles. The van der Waals surface area contributed by atoms with Crippen molar-refractivity contribution in [3.63, 3.8) is 0 Å². The van der Waals surface area contributed by atoms with Gasteiger partial charge in [-0.25, -0.2) is 0 Å². The monoisotopic (exact) mass is 483 g/mol. The van der Waals surface area contributed by atoms with E-state index in [4.69, 9.17) is 9.47 Å². The first-order valence-electron chi connectivity index (χ1n) is 5.60. The zero-order chi connectivity index (χ0) is 13.5. The van der Waals surface area contributed by atoms with Crippen molar-refractivity contribution in [3.8, 4) is 0 Å². The third kappa shape index (κ3) is 3.27. The molecule has 2 heterocycles. The fraction of sp³-hybridized carbons (Fsp3) is 0.818. The standard InChI is InChI=1S/C11H19I2NO4/c1-11(6-5-7(15)17-11)18-10(16)8(12(2)3)9-13(4)14-9/h8-9,14H,5-6H2,1-4H3. The molecule has 2 rings (SSSR count). The Kier molecular flexibility index (Phi) is 4.42. The molecule has 3 atom stereocenters. The molecule has 0 bridgehead atoms. The molecule has 2 fully saturated rings. The van der Waals surface area contributed by atoms with Gasteiger partial charge in [-0.05, 0) is 0 Å². The van der Waals surface area contributed by atoms with Crippen LogP contribution in [0.1, 0.15) is 19.8 Å². The summed E-state index contributed by atoms with van der Waals surface area (Å²) in [6, 6.07) is 0. The summed E-state index contributed by atoms with van der Waals surface area (Å²) in [4.78, 5) is 30.0. The zero-order valence-corrected chi connectivity index (χ0v) is 15.3. The quantitative estimate of drug-likeness (QED) is 0.165. The van der Waals surface area contributed by atoms with Gasteiger partial charge in [0.15, 0.2) is 0 Å². The van der Waals surface area contributed by atoms with Gasteiger partial charge in [0, 0.05) is 0 Å². The number of hydrogen-bond acceptors (Lipinski definition) is 5. The normalized spacial score (nSPS) is 34.9. The van der Waals surface area contributed by atoms with Crippen molar-refractivity contribution < 1.29 is 19.1 Å². The first-order chi connectivity index (χ1) is 8.32. The van der Waals surface area contributed by atoms with Crippen LogP contribution in [0.15, 0.2) is 0 Å². The minimum atomic E-state index is -1.30. The summed E-state index contributed by atoms with van der Waals surface area (Å²) in [6.45, 7) is 1.68. The second-order valence-electron chi connectivity index (χ2n) is 4.77. The number of alkyl halides is 5. The van der Waals surface area contributed by atoms with Gasteiger partial charge in [0.05, 0.1) is 0 Å². The van der Waals surface area contributed by atoms with Gasteiger partial charge in [0.1, 0.15) is 0 Å². The van der Waals surface area contributed by atoms with Gasteiger partial charge < -0.3 is 0 Å². The molecule has 0 aliphatic carbocycles. The molecular formula is C11H19I2NO4. The zero-order valence-electron chi connectivity index (χ0n) is 11.0. The molecule has 0 radical (unpaired) electrons. The van der Waals surface area contributed by atoms with Gasteiger partial charge in [-0.2, -0.15) is 0 Å². The van der Waals surface area contributed by atoms with Gasteiger partial charge in [-0.3, -0.25) is 0 Å². The summed E-state index contributed by atoms with van der Waals surface area (Å²) >= 11 is -2.33. The molecule has 106 valence electrons. The number of carbonyl (C=O) groups is 2. The summed E-state index contributed by atoms with van der Waals surface area (Å²) in [5.41, 5.74) is 0. The first-order valence-corrected chi connectivity index (χ1v) is 15.6. The van der Waals surface area contributed by atoms with Gasteiger partial charge >= 0.3 is 123 Å². The van der Waals surface area contributed by atoms with Crippen molar-refractivity contribution in [1.82, 2.24) is 3.53 Å². The van der Waals surface area contributed by atoms with Crippen LogP contribution in [0.25, 0.3) is 0 Å². The molecule has 0 aromatic rings. The van der Waals surface area contributed by atoms with Gasteiger partial charge in [0.25, 0.3) is 0 Å². The molecule has 0 saturated carbocycles. The number of nitrogens with one attached hydrogen (secondary N) is 1. The summed E-state index contributed by atoms with van der Waals surface area (Å²) in [5.74, 6) is -1.47. The Morgan fingerprint density at radius 1 is 1.67 bits per heavy atom.